The lowest BCUT2D eigenvalue weighted by Gasteiger charge is -2.20. The lowest BCUT2D eigenvalue weighted by Crippen LogP contribution is -2.41. The molecule has 4 nitrogen and oxygen atoms in total. The van der Waals surface area contributed by atoms with Crippen LogP contribution in [0.1, 0.15) is 19.8 Å². The molecule has 2 rings (SSSR count). The van der Waals surface area contributed by atoms with Crippen LogP contribution in [-0.4, -0.2) is 31.2 Å². The van der Waals surface area contributed by atoms with Crippen molar-refractivity contribution in [3.05, 3.63) is 12.3 Å². The molecule has 0 radical (unpaired) electrons. The largest absolute Gasteiger partial charge is 0.497 e. The predicted molar refractivity (Wildman–Crippen MR) is 56.1 cm³/mol. The number of aliphatic imine (C=N–C) groups is 1. The first-order valence-electron chi connectivity index (χ1n) is 5.20. The predicted octanol–water partition coefficient (Wildman–Crippen LogP) is 0.616. The summed E-state index contributed by atoms with van der Waals surface area (Å²) in [5.74, 6) is 0.913. The molecule has 0 spiro atoms. The Balaban J connectivity index is 1.69. The van der Waals surface area contributed by atoms with Gasteiger partial charge in [0.25, 0.3) is 0 Å². The molecule has 78 valence electrons. The van der Waals surface area contributed by atoms with Crippen molar-refractivity contribution in [1.82, 2.24) is 10.6 Å². The highest BCUT2D eigenvalue weighted by Gasteiger charge is 2.15. The molecule has 0 fully saturated rings. The normalized spacial score (nSPS) is 30.5. The highest BCUT2D eigenvalue weighted by molar-refractivity contribution is 5.81. The van der Waals surface area contributed by atoms with Crippen LogP contribution >= 0.6 is 0 Å². The number of guanidine groups is 1. The Hall–Kier alpha value is -1.19. The fourth-order valence-electron chi connectivity index (χ4n) is 1.61. The molecule has 0 saturated carbocycles. The van der Waals surface area contributed by atoms with E-state index in [0.717, 1.165) is 31.9 Å². The third-order valence-electron chi connectivity index (χ3n) is 2.43. The average Bonchev–Trinajstić information content (AvgIpc) is 2.63. The smallest absolute Gasteiger partial charge is 0.191 e. The monoisotopic (exact) mass is 195 g/mol. The van der Waals surface area contributed by atoms with Crippen molar-refractivity contribution in [1.29, 1.82) is 0 Å². The Labute approximate surface area is 84.4 Å². The maximum absolute atomic E-state index is 5.44. The molecule has 4 heteroatoms. The molecular formula is C10H17N3O. The highest BCUT2D eigenvalue weighted by atomic mass is 16.5. The third kappa shape index (κ3) is 2.40. The average molecular weight is 195 g/mol. The van der Waals surface area contributed by atoms with Gasteiger partial charge in [0.05, 0.1) is 19.4 Å². The molecule has 0 bridgehead atoms. The van der Waals surface area contributed by atoms with Crippen molar-refractivity contribution in [2.24, 2.45) is 4.99 Å². The van der Waals surface area contributed by atoms with Crippen molar-refractivity contribution in [2.75, 3.05) is 13.1 Å². The second kappa shape index (κ2) is 4.35. The number of nitrogens with zero attached hydrogens (tertiary/aromatic N) is 1. The Morgan fingerprint density at radius 3 is 3.29 bits per heavy atom. The van der Waals surface area contributed by atoms with Crippen LogP contribution in [0.3, 0.4) is 0 Å². The zero-order valence-corrected chi connectivity index (χ0v) is 8.49. The van der Waals surface area contributed by atoms with Crippen LogP contribution in [-0.2, 0) is 4.74 Å². The molecule has 14 heavy (non-hydrogen) atoms. The van der Waals surface area contributed by atoms with Gasteiger partial charge in [0.15, 0.2) is 5.96 Å². The van der Waals surface area contributed by atoms with Crippen molar-refractivity contribution < 1.29 is 4.74 Å². The van der Waals surface area contributed by atoms with Crippen LogP contribution in [0.2, 0.25) is 0 Å². The molecule has 0 aromatic heterocycles. The maximum atomic E-state index is 5.44. The lowest BCUT2D eigenvalue weighted by molar-refractivity contribution is 0.127. The van der Waals surface area contributed by atoms with Gasteiger partial charge in [-0.05, 0) is 25.8 Å². The summed E-state index contributed by atoms with van der Waals surface area (Å²) in [4.78, 5) is 4.32. The number of hydrogen-bond acceptors (Lipinski definition) is 4. The van der Waals surface area contributed by atoms with Gasteiger partial charge in [-0.3, -0.25) is 4.99 Å². The van der Waals surface area contributed by atoms with E-state index >= 15 is 0 Å². The molecule has 2 atom stereocenters. The molecule has 0 aromatic carbocycles. The lowest BCUT2D eigenvalue weighted by atomic mass is 10.1. The summed E-state index contributed by atoms with van der Waals surface area (Å²) in [7, 11) is 0. The number of nitrogens with one attached hydrogen (secondary N) is 2. The van der Waals surface area contributed by atoms with Crippen LogP contribution in [0.25, 0.3) is 0 Å². The molecule has 0 amide bonds. The summed E-state index contributed by atoms with van der Waals surface area (Å²) in [5.41, 5.74) is 0. The maximum Gasteiger partial charge on any atom is 0.191 e. The quantitative estimate of drug-likeness (QED) is 0.679. The molecule has 2 N–H and O–H groups in total. The SMILES string of the molecule is CC1CN=C(NCC2CCC=CO2)N1. The molecule has 0 aromatic rings. The van der Waals surface area contributed by atoms with Crippen LogP contribution in [0.5, 0.6) is 0 Å². The van der Waals surface area contributed by atoms with Crippen LogP contribution in [0.4, 0.5) is 0 Å². The molecule has 2 aliphatic heterocycles. The van der Waals surface area contributed by atoms with Crippen molar-refractivity contribution in [3.63, 3.8) is 0 Å². The summed E-state index contributed by atoms with van der Waals surface area (Å²) in [6.07, 6.45) is 6.35. The van der Waals surface area contributed by atoms with Gasteiger partial charge < -0.3 is 15.4 Å². The topological polar surface area (TPSA) is 45.7 Å². The molecule has 2 unspecified atom stereocenters. The Morgan fingerprint density at radius 2 is 2.64 bits per heavy atom. The van der Waals surface area contributed by atoms with Crippen molar-refractivity contribution in [3.8, 4) is 0 Å². The summed E-state index contributed by atoms with van der Waals surface area (Å²) in [5, 5.41) is 6.52. The second-order valence-electron chi connectivity index (χ2n) is 3.82. The molecule has 0 aliphatic carbocycles. The van der Waals surface area contributed by atoms with Crippen LogP contribution < -0.4 is 10.6 Å². The van der Waals surface area contributed by atoms with Gasteiger partial charge in [0, 0.05) is 6.04 Å². The van der Waals surface area contributed by atoms with E-state index < -0.39 is 0 Å². The summed E-state index contributed by atoms with van der Waals surface area (Å²) < 4.78 is 5.44. The van der Waals surface area contributed by atoms with E-state index in [1.807, 2.05) is 0 Å². The fraction of sp³-hybridized carbons (Fsp3) is 0.700. The number of ether oxygens (including phenoxy) is 1. The van der Waals surface area contributed by atoms with E-state index in [1.165, 1.54) is 0 Å². The van der Waals surface area contributed by atoms with Gasteiger partial charge in [-0.15, -0.1) is 0 Å². The van der Waals surface area contributed by atoms with E-state index in [4.69, 9.17) is 4.74 Å². The Morgan fingerprint density at radius 1 is 1.71 bits per heavy atom. The molecule has 2 aliphatic rings. The van der Waals surface area contributed by atoms with Gasteiger partial charge in [-0.2, -0.15) is 0 Å². The number of allylic oxidation sites excluding steroid dienone is 1. The van der Waals surface area contributed by atoms with Gasteiger partial charge in [-0.1, -0.05) is 0 Å². The minimum Gasteiger partial charge on any atom is -0.497 e. The number of rotatable bonds is 2. The van der Waals surface area contributed by atoms with Gasteiger partial charge in [0.2, 0.25) is 0 Å². The Bertz CT molecular complexity index is 250. The Kier molecular flexibility index (Phi) is 2.91. The van der Waals surface area contributed by atoms with Crippen LogP contribution in [0.15, 0.2) is 17.3 Å². The fourth-order valence-corrected chi connectivity index (χ4v) is 1.61. The van der Waals surface area contributed by atoms with Gasteiger partial charge in [0.1, 0.15) is 6.10 Å². The van der Waals surface area contributed by atoms with E-state index in [9.17, 15) is 0 Å². The van der Waals surface area contributed by atoms with Crippen molar-refractivity contribution in [2.45, 2.75) is 31.9 Å². The highest BCUT2D eigenvalue weighted by Crippen LogP contribution is 2.08. The molecule has 0 saturated heterocycles. The first-order chi connectivity index (χ1) is 6.84. The van der Waals surface area contributed by atoms with Crippen molar-refractivity contribution >= 4 is 5.96 Å². The van der Waals surface area contributed by atoms with E-state index in [0.29, 0.717) is 12.1 Å². The van der Waals surface area contributed by atoms with E-state index in [-0.39, 0.29) is 0 Å². The summed E-state index contributed by atoms with van der Waals surface area (Å²) >= 11 is 0. The molecule has 2 heterocycles. The summed E-state index contributed by atoms with van der Waals surface area (Å²) in [6, 6.07) is 0.463. The first-order valence-corrected chi connectivity index (χ1v) is 5.20. The molecular weight excluding hydrogens is 178 g/mol. The zero-order chi connectivity index (χ0) is 9.80. The minimum absolute atomic E-state index is 0.292. The van der Waals surface area contributed by atoms with Gasteiger partial charge in [-0.25, -0.2) is 0 Å². The third-order valence-corrected chi connectivity index (χ3v) is 2.43. The zero-order valence-electron chi connectivity index (χ0n) is 8.49. The van der Waals surface area contributed by atoms with Crippen LogP contribution in [0, 0.1) is 0 Å². The second-order valence-corrected chi connectivity index (χ2v) is 3.82. The number of hydrogen-bond donors (Lipinski definition) is 2. The standard InChI is InChI=1S/C10H17N3O/c1-8-6-11-10(13-8)12-7-9-4-2-3-5-14-9/h3,5,8-9H,2,4,6-7H2,1H3,(H2,11,12,13). The van der Waals surface area contributed by atoms with E-state index in [1.54, 1.807) is 6.26 Å². The summed E-state index contributed by atoms with van der Waals surface area (Å²) in [6.45, 7) is 3.83. The van der Waals surface area contributed by atoms with Gasteiger partial charge >= 0.3 is 0 Å². The first kappa shape index (κ1) is 9.37. The minimum atomic E-state index is 0.292. The van der Waals surface area contributed by atoms with E-state index in [2.05, 4.69) is 28.6 Å².